The SMILES string of the molecule is CCCCCCCCCCC1NCCc2ccccc21. The van der Waals surface area contributed by atoms with Gasteiger partial charge >= 0.3 is 0 Å². The Hall–Kier alpha value is -0.820. The van der Waals surface area contributed by atoms with Gasteiger partial charge in [0.15, 0.2) is 0 Å². The smallest absolute Gasteiger partial charge is 0.0323 e. The number of fused-ring (bicyclic) bond motifs is 1. The molecule has 0 fully saturated rings. The zero-order valence-electron chi connectivity index (χ0n) is 13.2. The van der Waals surface area contributed by atoms with E-state index in [0.29, 0.717) is 6.04 Å². The Kier molecular flexibility index (Phi) is 7.14. The predicted molar refractivity (Wildman–Crippen MR) is 88.1 cm³/mol. The molecule has 1 N–H and O–H groups in total. The van der Waals surface area contributed by atoms with Crippen LogP contribution in [0.3, 0.4) is 0 Å². The van der Waals surface area contributed by atoms with Crippen LogP contribution in [0.5, 0.6) is 0 Å². The van der Waals surface area contributed by atoms with Crippen molar-refractivity contribution in [1.82, 2.24) is 5.32 Å². The lowest BCUT2D eigenvalue weighted by Crippen LogP contribution is -2.29. The quantitative estimate of drug-likeness (QED) is 0.594. The van der Waals surface area contributed by atoms with E-state index in [2.05, 4.69) is 36.5 Å². The van der Waals surface area contributed by atoms with Crippen molar-refractivity contribution >= 4 is 0 Å². The standard InChI is InChI=1S/C19H31N/c1-2-3-4-5-6-7-8-9-14-19-18-13-11-10-12-17(18)15-16-20-19/h10-13,19-20H,2-9,14-16H2,1H3. The molecular weight excluding hydrogens is 242 g/mol. The van der Waals surface area contributed by atoms with Crippen molar-refractivity contribution in [3.63, 3.8) is 0 Å². The summed E-state index contributed by atoms with van der Waals surface area (Å²) < 4.78 is 0. The monoisotopic (exact) mass is 273 g/mol. The molecule has 1 aliphatic heterocycles. The maximum Gasteiger partial charge on any atom is 0.0323 e. The Morgan fingerprint density at radius 1 is 0.950 bits per heavy atom. The molecule has 0 amide bonds. The molecular formula is C19H31N. The van der Waals surface area contributed by atoms with E-state index in [1.165, 1.54) is 64.2 Å². The number of hydrogen-bond acceptors (Lipinski definition) is 1. The maximum atomic E-state index is 3.69. The minimum absolute atomic E-state index is 0.611. The Bertz CT molecular complexity index is 372. The maximum absolute atomic E-state index is 3.69. The van der Waals surface area contributed by atoms with Crippen LogP contribution in [0.4, 0.5) is 0 Å². The molecule has 112 valence electrons. The van der Waals surface area contributed by atoms with Gasteiger partial charge in [-0.1, -0.05) is 82.6 Å². The van der Waals surface area contributed by atoms with E-state index in [-0.39, 0.29) is 0 Å². The molecule has 0 spiro atoms. The van der Waals surface area contributed by atoms with Crippen molar-refractivity contribution in [3.8, 4) is 0 Å². The van der Waals surface area contributed by atoms with Gasteiger partial charge in [0, 0.05) is 6.04 Å². The molecule has 0 radical (unpaired) electrons. The fraction of sp³-hybridized carbons (Fsp3) is 0.684. The summed E-state index contributed by atoms with van der Waals surface area (Å²) in [5.74, 6) is 0. The molecule has 1 unspecified atom stereocenters. The van der Waals surface area contributed by atoms with Crippen LogP contribution < -0.4 is 5.32 Å². The third kappa shape index (κ3) is 4.94. The molecule has 1 aromatic rings. The summed E-state index contributed by atoms with van der Waals surface area (Å²) in [7, 11) is 0. The Balaban J connectivity index is 1.61. The van der Waals surface area contributed by atoms with E-state index in [4.69, 9.17) is 0 Å². The van der Waals surface area contributed by atoms with Crippen LogP contribution in [-0.2, 0) is 6.42 Å². The van der Waals surface area contributed by atoms with E-state index in [9.17, 15) is 0 Å². The minimum atomic E-state index is 0.611. The van der Waals surface area contributed by atoms with Crippen molar-refractivity contribution in [2.24, 2.45) is 0 Å². The molecule has 1 aliphatic rings. The lowest BCUT2D eigenvalue weighted by Gasteiger charge is -2.27. The molecule has 0 saturated heterocycles. The van der Waals surface area contributed by atoms with E-state index >= 15 is 0 Å². The summed E-state index contributed by atoms with van der Waals surface area (Å²) in [4.78, 5) is 0. The van der Waals surface area contributed by atoms with Gasteiger partial charge in [0.05, 0.1) is 0 Å². The first-order chi connectivity index (χ1) is 9.92. The molecule has 0 saturated carbocycles. The van der Waals surface area contributed by atoms with Gasteiger partial charge in [-0.2, -0.15) is 0 Å². The average molecular weight is 273 g/mol. The van der Waals surface area contributed by atoms with Gasteiger partial charge in [0.2, 0.25) is 0 Å². The first kappa shape index (κ1) is 15.6. The summed E-state index contributed by atoms with van der Waals surface area (Å²) in [6.07, 6.45) is 13.8. The first-order valence-corrected chi connectivity index (χ1v) is 8.73. The van der Waals surface area contributed by atoms with Crippen LogP contribution in [0.15, 0.2) is 24.3 Å². The van der Waals surface area contributed by atoms with Crippen LogP contribution in [0, 0.1) is 0 Å². The summed E-state index contributed by atoms with van der Waals surface area (Å²) in [6.45, 7) is 3.44. The Labute approximate surface area is 125 Å². The fourth-order valence-corrected chi connectivity index (χ4v) is 3.33. The zero-order valence-corrected chi connectivity index (χ0v) is 13.2. The van der Waals surface area contributed by atoms with Gasteiger partial charge in [-0.3, -0.25) is 0 Å². The normalized spacial score (nSPS) is 17.9. The molecule has 1 aromatic carbocycles. The molecule has 1 atom stereocenters. The van der Waals surface area contributed by atoms with Crippen LogP contribution in [0.25, 0.3) is 0 Å². The van der Waals surface area contributed by atoms with Gasteiger partial charge in [0.1, 0.15) is 0 Å². The van der Waals surface area contributed by atoms with E-state index in [0.717, 1.165) is 6.54 Å². The zero-order chi connectivity index (χ0) is 14.0. The minimum Gasteiger partial charge on any atom is -0.310 e. The molecule has 1 heterocycles. The number of hydrogen-bond donors (Lipinski definition) is 1. The summed E-state index contributed by atoms with van der Waals surface area (Å²) in [6, 6.07) is 9.60. The van der Waals surface area contributed by atoms with Crippen molar-refractivity contribution in [1.29, 1.82) is 0 Å². The van der Waals surface area contributed by atoms with E-state index < -0.39 is 0 Å². The lowest BCUT2D eigenvalue weighted by molar-refractivity contribution is 0.447. The second-order valence-corrected chi connectivity index (χ2v) is 6.22. The van der Waals surface area contributed by atoms with Crippen LogP contribution in [-0.4, -0.2) is 6.54 Å². The van der Waals surface area contributed by atoms with Gasteiger partial charge < -0.3 is 5.32 Å². The molecule has 0 bridgehead atoms. The summed E-state index contributed by atoms with van der Waals surface area (Å²) in [5, 5.41) is 3.69. The van der Waals surface area contributed by atoms with E-state index in [1.807, 2.05) is 0 Å². The van der Waals surface area contributed by atoms with Gasteiger partial charge in [-0.05, 0) is 30.5 Å². The van der Waals surface area contributed by atoms with Crippen LogP contribution in [0.1, 0.15) is 81.9 Å². The van der Waals surface area contributed by atoms with Crippen LogP contribution in [0.2, 0.25) is 0 Å². The van der Waals surface area contributed by atoms with Crippen molar-refractivity contribution < 1.29 is 0 Å². The molecule has 1 heteroatoms. The molecule has 1 nitrogen and oxygen atoms in total. The highest BCUT2D eigenvalue weighted by molar-refractivity contribution is 5.32. The van der Waals surface area contributed by atoms with Crippen LogP contribution >= 0.6 is 0 Å². The van der Waals surface area contributed by atoms with Gasteiger partial charge in [-0.25, -0.2) is 0 Å². The fourth-order valence-electron chi connectivity index (χ4n) is 3.33. The first-order valence-electron chi connectivity index (χ1n) is 8.73. The molecule has 2 rings (SSSR count). The number of rotatable bonds is 9. The van der Waals surface area contributed by atoms with Crippen molar-refractivity contribution in [2.75, 3.05) is 6.54 Å². The Morgan fingerprint density at radius 3 is 2.45 bits per heavy atom. The summed E-state index contributed by atoms with van der Waals surface area (Å²) >= 11 is 0. The second-order valence-electron chi connectivity index (χ2n) is 6.22. The second kappa shape index (κ2) is 9.18. The van der Waals surface area contributed by atoms with Crippen molar-refractivity contribution in [2.45, 2.75) is 77.2 Å². The topological polar surface area (TPSA) is 12.0 Å². The molecule has 0 aromatic heterocycles. The van der Waals surface area contributed by atoms with Gasteiger partial charge in [-0.15, -0.1) is 0 Å². The predicted octanol–water partition coefficient (Wildman–Crippen LogP) is 5.40. The third-order valence-corrected chi connectivity index (χ3v) is 4.56. The van der Waals surface area contributed by atoms with Crippen molar-refractivity contribution in [3.05, 3.63) is 35.4 Å². The van der Waals surface area contributed by atoms with E-state index in [1.54, 1.807) is 11.1 Å². The summed E-state index contributed by atoms with van der Waals surface area (Å²) in [5.41, 5.74) is 3.12. The van der Waals surface area contributed by atoms with Gasteiger partial charge in [0.25, 0.3) is 0 Å². The number of nitrogens with one attached hydrogen (secondary N) is 1. The molecule has 0 aliphatic carbocycles. The lowest BCUT2D eigenvalue weighted by atomic mass is 9.91. The highest BCUT2D eigenvalue weighted by Crippen LogP contribution is 2.27. The highest BCUT2D eigenvalue weighted by Gasteiger charge is 2.18. The average Bonchev–Trinajstić information content (AvgIpc) is 2.50. The third-order valence-electron chi connectivity index (χ3n) is 4.56. The largest absolute Gasteiger partial charge is 0.310 e. The molecule has 20 heavy (non-hydrogen) atoms. The number of benzene rings is 1. The Morgan fingerprint density at radius 2 is 1.65 bits per heavy atom. The highest BCUT2D eigenvalue weighted by atomic mass is 14.9. The number of unbranched alkanes of at least 4 members (excludes halogenated alkanes) is 7.